The van der Waals surface area contributed by atoms with E-state index in [4.69, 9.17) is 9.47 Å². The Labute approximate surface area is 102 Å². The quantitative estimate of drug-likeness (QED) is 0.793. The Balaban J connectivity index is 2.56. The van der Waals surface area contributed by atoms with Crippen LogP contribution >= 0.6 is 0 Å². The van der Waals surface area contributed by atoms with Crippen LogP contribution in [0, 0.1) is 0 Å². The molecular formula is C15H16O2. The van der Waals surface area contributed by atoms with Crippen molar-refractivity contribution in [3.63, 3.8) is 0 Å². The SMILES string of the molecule is CCOc1cccc(OC)c1-c1ccccc1. The highest BCUT2D eigenvalue weighted by Crippen LogP contribution is 2.38. The topological polar surface area (TPSA) is 18.5 Å². The first kappa shape index (κ1) is 11.5. The summed E-state index contributed by atoms with van der Waals surface area (Å²) < 4.78 is 11.1. The average molecular weight is 228 g/mol. The summed E-state index contributed by atoms with van der Waals surface area (Å²) in [5, 5.41) is 0. The van der Waals surface area contributed by atoms with E-state index in [9.17, 15) is 0 Å². The lowest BCUT2D eigenvalue weighted by Gasteiger charge is -2.14. The molecule has 17 heavy (non-hydrogen) atoms. The van der Waals surface area contributed by atoms with E-state index >= 15 is 0 Å². The first-order valence-corrected chi connectivity index (χ1v) is 5.72. The molecule has 0 fully saturated rings. The average Bonchev–Trinajstić information content (AvgIpc) is 2.40. The van der Waals surface area contributed by atoms with E-state index in [2.05, 4.69) is 12.1 Å². The zero-order chi connectivity index (χ0) is 12.1. The molecule has 2 heteroatoms. The number of methoxy groups -OCH3 is 1. The summed E-state index contributed by atoms with van der Waals surface area (Å²) in [7, 11) is 1.68. The highest BCUT2D eigenvalue weighted by Gasteiger charge is 2.11. The summed E-state index contributed by atoms with van der Waals surface area (Å²) in [4.78, 5) is 0. The zero-order valence-electron chi connectivity index (χ0n) is 10.1. The molecule has 2 nitrogen and oxygen atoms in total. The predicted molar refractivity (Wildman–Crippen MR) is 69.6 cm³/mol. The van der Waals surface area contributed by atoms with Crippen LogP contribution in [0.2, 0.25) is 0 Å². The van der Waals surface area contributed by atoms with Crippen LogP contribution in [0.25, 0.3) is 11.1 Å². The molecule has 0 heterocycles. The van der Waals surface area contributed by atoms with E-state index in [1.54, 1.807) is 7.11 Å². The van der Waals surface area contributed by atoms with Crippen LogP contribution in [0.5, 0.6) is 11.5 Å². The van der Waals surface area contributed by atoms with Gasteiger partial charge in [-0.05, 0) is 24.6 Å². The molecule has 0 radical (unpaired) electrons. The molecular weight excluding hydrogens is 212 g/mol. The Morgan fingerprint density at radius 2 is 1.59 bits per heavy atom. The van der Waals surface area contributed by atoms with Crippen LogP contribution in [0.15, 0.2) is 48.5 Å². The van der Waals surface area contributed by atoms with Crippen molar-refractivity contribution in [2.75, 3.05) is 13.7 Å². The fraction of sp³-hybridized carbons (Fsp3) is 0.200. The highest BCUT2D eigenvalue weighted by atomic mass is 16.5. The Morgan fingerprint density at radius 3 is 2.24 bits per heavy atom. The van der Waals surface area contributed by atoms with Gasteiger partial charge in [-0.3, -0.25) is 0 Å². The number of benzene rings is 2. The van der Waals surface area contributed by atoms with Gasteiger partial charge < -0.3 is 9.47 Å². The van der Waals surface area contributed by atoms with Crippen molar-refractivity contribution < 1.29 is 9.47 Å². The molecule has 0 N–H and O–H groups in total. The van der Waals surface area contributed by atoms with Crippen LogP contribution in [0.1, 0.15) is 6.92 Å². The van der Waals surface area contributed by atoms with Gasteiger partial charge in [0.2, 0.25) is 0 Å². The minimum absolute atomic E-state index is 0.646. The van der Waals surface area contributed by atoms with Crippen LogP contribution in [-0.2, 0) is 0 Å². The van der Waals surface area contributed by atoms with Crippen molar-refractivity contribution in [3.8, 4) is 22.6 Å². The second kappa shape index (κ2) is 5.39. The lowest BCUT2D eigenvalue weighted by Crippen LogP contribution is -1.96. The number of rotatable bonds is 4. The fourth-order valence-corrected chi connectivity index (χ4v) is 1.85. The Kier molecular flexibility index (Phi) is 3.66. The molecule has 0 aliphatic carbocycles. The third-order valence-electron chi connectivity index (χ3n) is 2.57. The molecule has 0 saturated heterocycles. The van der Waals surface area contributed by atoms with Gasteiger partial charge in [-0.1, -0.05) is 36.4 Å². The minimum Gasteiger partial charge on any atom is -0.496 e. The van der Waals surface area contributed by atoms with E-state index in [1.807, 2.05) is 43.3 Å². The summed E-state index contributed by atoms with van der Waals surface area (Å²) in [6.45, 7) is 2.63. The Hall–Kier alpha value is -1.96. The van der Waals surface area contributed by atoms with Gasteiger partial charge in [-0.2, -0.15) is 0 Å². The number of ether oxygens (including phenoxy) is 2. The molecule has 2 rings (SSSR count). The summed E-state index contributed by atoms with van der Waals surface area (Å²) in [6, 6.07) is 16.0. The highest BCUT2D eigenvalue weighted by molar-refractivity contribution is 5.76. The van der Waals surface area contributed by atoms with Gasteiger partial charge in [0, 0.05) is 0 Å². The lowest BCUT2D eigenvalue weighted by molar-refractivity contribution is 0.338. The third kappa shape index (κ3) is 2.41. The van der Waals surface area contributed by atoms with E-state index in [0.29, 0.717) is 6.61 Å². The van der Waals surface area contributed by atoms with E-state index in [-0.39, 0.29) is 0 Å². The fourth-order valence-electron chi connectivity index (χ4n) is 1.85. The Morgan fingerprint density at radius 1 is 0.882 bits per heavy atom. The van der Waals surface area contributed by atoms with Gasteiger partial charge in [0.25, 0.3) is 0 Å². The van der Waals surface area contributed by atoms with Gasteiger partial charge >= 0.3 is 0 Å². The van der Waals surface area contributed by atoms with Crippen LogP contribution in [0.3, 0.4) is 0 Å². The van der Waals surface area contributed by atoms with Crippen molar-refractivity contribution in [2.45, 2.75) is 6.92 Å². The van der Waals surface area contributed by atoms with Crippen molar-refractivity contribution in [1.29, 1.82) is 0 Å². The van der Waals surface area contributed by atoms with Crippen LogP contribution < -0.4 is 9.47 Å². The first-order valence-electron chi connectivity index (χ1n) is 5.72. The number of hydrogen-bond donors (Lipinski definition) is 0. The smallest absolute Gasteiger partial charge is 0.130 e. The van der Waals surface area contributed by atoms with E-state index < -0.39 is 0 Å². The molecule has 0 bridgehead atoms. The van der Waals surface area contributed by atoms with E-state index in [0.717, 1.165) is 22.6 Å². The molecule has 0 unspecified atom stereocenters. The van der Waals surface area contributed by atoms with Gasteiger partial charge in [0.05, 0.1) is 19.3 Å². The van der Waals surface area contributed by atoms with Crippen LogP contribution in [-0.4, -0.2) is 13.7 Å². The molecule has 2 aromatic carbocycles. The van der Waals surface area contributed by atoms with Crippen molar-refractivity contribution in [1.82, 2.24) is 0 Å². The first-order chi connectivity index (χ1) is 8.36. The summed E-state index contributed by atoms with van der Waals surface area (Å²) in [6.07, 6.45) is 0. The molecule has 0 aromatic heterocycles. The van der Waals surface area contributed by atoms with Gasteiger partial charge in [-0.25, -0.2) is 0 Å². The predicted octanol–water partition coefficient (Wildman–Crippen LogP) is 3.76. The van der Waals surface area contributed by atoms with Gasteiger partial charge in [-0.15, -0.1) is 0 Å². The van der Waals surface area contributed by atoms with Gasteiger partial charge in [0.1, 0.15) is 11.5 Å². The minimum atomic E-state index is 0.646. The third-order valence-corrected chi connectivity index (χ3v) is 2.57. The second-order valence-corrected chi connectivity index (χ2v) is 3.63. The summed E-state index contributed by atoms with van der Waals surface area (Å²) >= 11 is 0. The summed E-state index contributed by atoms with van der Waals surface area (Å²) in [5.74, 6) is 1.69. The standard InChI is InChI=1S/C15H16O2/c1-3-17-14-11-7-10-13(16-2)15(14)12-8-5-4-6-9-12/h4-11H,3H2,1-2H3. The summed E-state index contributed by atoms with van der Waals surface area (Å²) in [5.41, 5.74) is 2.12. The largest absolute Gasteiger partial charge is 0.496 e. The molecule has 0 aliphatic heterocycles. The molecule has 0 aliphatic rings. The maximum absolute atomic E-state index is 5.65. The van der Waals surface area contributed by atoms with Crippen LogP contribution in [0.4, 0.5) is 0 Å². The van der Waals surface area contributed by atoms with E-state index in [1.165, 1.54) is 0 Å². The molecule has 0 amide bonds. The Bertz CT molecular complexity index is 478. The van der Waals surface area contributed by atoms with Crippen molar-refractivity contribution in [2.24, 2.45) is 0 Å². The van der Waals surface area contributed by atoms with Gasteiger partial charge in [0.15, 0.2) is 0 Å². The molecule has 0 saturated carbocycles. The molecule has 88 valence electrons. The van der Waals surface area contributed by atoms with Crippen molar-refractivity contribution >= 4 is 0 Å². The second-order valence-electron chi connectivity index (χ2n) is 3.63. The zero-order valence-corrected chi connectivity index (χ0v) is 10.1. The molecule has 2 aromatic rings. The normalized spacial score (nSPS) is 10.0. The maximum Gasteiger partial charge on any atom is 0.130 e. The maximum atomic E-state index is 5.65. The molecule has 0 atom stereocenters. The van der Waals surface area contributed by atoms with Crippen molar-refractivity contribution in [3.05, 3.63) is 48.5 Å². The number of hydrogen-bond acceptors (Lipinski definition) is 2. The monoisotopic (exact) mass is 228 g/mol. The lowest BCUT2D eigenvalue weighted by atomic mass is 10.0. The molecule has 0 spiro atoms.